The van der Waals surface area contributed by atoms with Gasteiger partial charge in [0.1, 0.15) is 0 Å². The van der Waals surface area contributed by atoms with Crippen LogP contribution in [0.2, 0.25) is 10.0 Å². The second-order valence-electron chi connectivity index (χ2n) is 4.74. The average Bonchev–Trinajstić information content (AvgIpc) is 3.07. The van der Waals surface area contributed by atoms with Crippen LogP contribution in [0.4, 0.5) is 0 Å². The summed E-state index contributed by atoms with van der Waals surface area (Å²) in [6.45, 7) is 4.05. The van der Waals surface area contributed by atoms with Crippen molar-refractivity contribution in [2.24, 2.45) is 0 Å². The van der Waals surface area contributed by atoms with E-state index in [0.29, 0.717) is 26.7 Å². The van der Waals surface area contributed by atoms with E-state index in [9.17, 15) is 0 Å². The van der Waals surface area contributed by atoms with Crippen molar-refractivity contribution >= 4 is 40.6 Å². The molecule has 0 fully saturated rings. The number of hydrogen-bond donors (Lipinski definition) is 0. The molecule has 3 heterocycles. The maximum Gasteiger partial charge on any atom is 0.239 e. The molecule has 3 aromatic heterocycles. The highest BCUT2D eigenvalue weighted by Gasteiger charge is 2.19. The Morgan fingerprint density at radius 1 is 1.36 bits per heavy atom. The summed E-state index contributed by atoms with van der Waals surface area (Å²) in [5.41, 5.74) is 0.568. The van der Waals surface area contributed by atoms with E-state index in [0.717, 1.165) is 18.7 Å². The van der Waals surface area contributed by atoms with Crippen molar-refractivity contribution in [2.75, 3.05) is 0 Å². The molecule has 1 atom stereocenters. The fraction of sp³-hybridized carbons (Fsp3) is 0.385. The second kappa shape index (κ2) is 6.44. The van der Waals surface area contributed by atoms with E-state index in [2.05, 4.69) is 27.3 Å². The van der Waals surface area contributed by atoms with E-state index >= 15 is 0 Å². The van der Waals surface area contributed by atoms with Gasteiger partial charge in [0.15, 0.2) is 16.6 Å². The van der Waals surface area contributed by atoms with Gasteiger partial charge in [-0.1, -0.05) is 47.0 Å². The number of fused-ring (bicyclic) bond motifs is 1. The van der Waals surface area contributed by atoms with Crippen molar-refractivity contribution in [1.82, 2.24) is 24.7 Å². The van der Waals surface area contributed by atoms with Gasteiger partial charge in [-0.25, -0.2) is 0 Å². The number of hydrogen-bond acceptors (Lipinski definition) is 6. The van der Waals surface area contributed by atoms with E-state index in [1.165, 1.54) is 11.8 Å². The normalized spacial score (nSPS) is 12.9. The molecule has 6 nitrogen and oxygen atoms in total. The van der Waals surface area contributed by atoms with Gasteiger partial charge >= 0.3 is 0 Å². The molecule has 9 heteroatoms. The number of thioether (sulfide) groups is 1. The minimum Gasteiger partial charge on any atom is -0.338 e. The molecule has 116 valence electrons. The zero-order chi connectivity index (χ0) is 15.7. The van der Waals surface area contributed by atoms with Gasteiger partial charge in [-0.2, -0.15) is 4.98 Å². The molecule has 0 spiro atoms. The Morgan fingerprint density at radius 3 is 2.95 bits per heavy atom. The first-order chi connectivity index (χ1) is 10.6. The van der Waals surface area contributed by atoms with Gasteiger partial charge in [-0.05, 0) is 19.4 Å². The number of nitrogens with zero attached hydrogens (tertiary/aromatic N) is 5. The Balaban J connectivity index is 1.85. The lowest BCUT2D eigenvalue weighted by atomic mass is 10.3. The second-order valence-corrected chi connectivity index (χ2v) is 6.89. The summed E-state index contributed by atoms with van der Waals surface area (Å²) >= 11 is 13.6. The third-order valence-corrected chi connectivity index (χ3v) is 4.51. The lowest BCUT2D eigenvalue weighted by molar-refractivity contribution is 0.374. The van der Waals surface area contributed by atoms with Gasteiger partial charge < -0.3 is 4.52 Å². The molecular weight excluding hydrogens is 345 g/mol. The van der Waals surface area contributed by atoms with E-state index in [1.807, 2.05) is 6.92 Å². The smallest absolute Gasteiger partial charge is 0.239 e. The van der Waals surface area contributed by atoms with Crippen LogP contribution in [0.15, 0.2) is 21.9 Å². The third-order valence-electron chi connectivity index (χ3n) is 2.98. The van der Waals surface area contributed by atoms with Crippen molar-refractivity contribution in [3.8, 4) is 0 Å². The van der Waals surface area contributed by atoms with Crippen molar-refractivity contribution in [1.29, 1.82) is 0 Å². The largest absolute Gasteiger partial charge is 0.338 e. The van der Waals surface area contributed by atoms with Gasteiger partial charge in [0, 0.05) is 12.6 Å². The predicted molar refractivity (Wildman–Crippen MR) is 85.6 cm³/mol. The summed E-state index contributed by atoms with van der Waals surface area (Å²) in [5, 5.41) is 13.8. The standard InChI is InChI=1S/C13H13Cl2N5OS/c1-3-4-10-16-12(21-19-10)7(2)22-13-18-17-11-9(15)5-8(14)6-20(11)13/h5-7H,3-4H2,1-2H3. The molecule has 0 saturated heterocycles. The Labute approximate surface area is 141 Å². The highest BCUT2D eigenvalue weighted by Crippen LogP contribution is 2.34. The molecule has 0 N–H and O–H groups in total. The molecule has 0 saturated carbocycles. The van der Waals surface area contributed by atoms with Gasteiger partial charge in [0.05, 0.1) is 15.3 Å². The fourth-order valence-corrected chi connectivity index (χ4v) is 3.31. The van der Waals surface area contributed by atoms with Crippen LogP contribution in [0.3, 0.4) is 0 Å². The molecule has 3 aromatic rings. The highest BCUT2D eigenvalue weighted by molar-refractivity contribution is 7.99. The first kappa shape index (κ1) is 15.6. The van der Waals surface area contributed by atoms with Crippen LogP contribution in [-0.4, -0.2) is 24.7 Å². The minimum absolute atomic E-state index is 0.0525. The van der Waals surface area contributed by atoms with E-state index < -0.39 is 0 Å². The summed E-state index contributed by atoms with van der Waals surface area (Å²) in [5.74, 6) is 1.29. The molecule has 0 amide bonds. The predicted octanol–water partition coefficient (Wildman–Crippen LogP) is 4.22. The average molecular weight is 358 g/mol. The van der Waals surface area contributed by atoms with Crippen LogP contribution in [0.5, 0.6) is 0 Å². The summed E-state index contributed by atoms with van der Waals surface area (Å²) in [4.78, 5) is 4.39. The van der Waals surface area contributed by atoms with Crippen LogP contribution in [0.1, 0.15) is 37.2 Å². The number of pyridine rings is 1. The summed E-state index contributed by atoms with van der Waals surface area (Å²) < 4.78 is 7.05. The van der Waals surface area contributed by atoms with Gasteiger partial charge in [-0.3, -0.25) is 4.40 Å². The zero-order valence-corrected chi connectivity index (χ0v) is 14.3. The van der Waals surface area contributed by atoms with E-state index in [1.54, 1.807) is 16.7 Å². The molecule has 0 radical (unpaired) electrons. The van der Waals surface area contributed by atoms with E-state index in [-0.39, 0.29) is 5.25 Å². The van der Waals surface area contributed by atoms with E-state index in [4.69, 9.17) is 27.7 Å². The van der Waals surface area contributed by atoms with Crippen LogP contribution in [0, 0.1) is 0 Å². The third kappa shape index (κ3) is 3.06. The van der Waals surface area contributed by atoms with Gasteiger partial charge in [0.25, 0.3) is 0 Å². The van der Waals surface area contributed by atoms with Crippen LogP contribution < -0.4 is 0 Å². The molecule has 0 aliphatic heterocycles. The fourth-order valence-electron chi connectivity index (χ4n) is 1.95. The van der Waals surface area contributed by atoms with Gasteiger partial charge in [0.2, 0.25) is 5.89 Å². The molecule has 0 bridgehead atoms. The maximum atomic E-state index is 6.11. The number of halogens is 2. The molecule has 0 aromatic carbocycles. The molecule has 22 heavy (non-hydrogen) atoms. The zero-order valence-electron chi connectivity index (χ0n) is 12.0. The maximum absolute atomic E-state index is 6.11. The van der Waals surface area contributed by atoms with Crippen molar-refractivity contribution < 1.29 is 4.52 Å². The summed E-state index contributed by atoms with van der Waals surface area (Å²) in [6, 6.07) is 1.64. The van der Waals surface area contributed by atoms with Crippen LogP contribution >= 0.6 is 35.0 Å². The monoisotopic (exact) mass is 357 g/mol. The van der Waals surface area contributed by atoms with Crippen molar-refractivity contribution in [2.45, 2.75) is 37.1 Å². The summed E-state index contributed by atoms with van der Waals surface area (Å²) in [7, 11) is 0. The first-order valence-electron chi connectivity index (χ1n) is 6.77. The van der Waals surface area contributed by atoms with Crippen LogP contribution in [-0.2, 0) is 6.42 Å². The lowest BCUT2D eigenvalue weighted by Gasteiger charge is -2.05. The Bertz CT molecular complexity index is 803. The molecule has 1 unspecified atom stereocenters. The first-order valence-corrected chi connectivity index (χ1v) is 8.41. The quantitative estimate of drug-likeness (QED) is 0.636. The van der Waals surface area contributed by atoms with Gasteiger partial charge in [-0.15, -0.1) is 10.2 Å². The number of rotatable bonds is 5. The van der Waals surface area contributed by atoms with Crippen molar-refractivity contribution in [3.05, 3.63) is 34.0 Å². The Kier molecular flexibility index (Phi) is 4.56. The topological polar surface area (TPSA) is 69.1 Å². The molecule has 0 aliphatic carbocycles. The minimum atomic E-state index is -0.0525. The highest BCUT2D eigenvalue weighted by atomic mass is 35.5. The molecule has 0 aliphatic rings. The number of aromatic nitrogens is 5. The van der Waals surface area contributed by atoms with Crippen LogP contribution in [0.25, 0.3) is 5.65 Å². The molecular formula is C13H13Cl2N5OS. The lowest BCUT2D eigenvalue weighted by Crippen LogP contribution is -1.94. The molecule has 3 rings (SSSR count). The summed E-state index contributed by atoms with van der Waals surface area (Å²) in [6.07, 6.45) is 3.51. The SMILES string of the molecule is CCCc1noc(C(C)Sc2nnc3c(Cl)cc(Cl)cn23)n1. The Morgan fingerprint density at radius 2 is 2.18 bits per heavy atom. The number of aryl methyl sites for hydroxylation is 1. The Hall–Kier alpha value is -1.31. The van der Waals surface area contributed by atoms with Crippen molar-refractivity contribution in [3.63, 3.8) is 0 Å².